The van der Waals surface area contributed by atoms with Crippen molar-refractivity contribution in [1.82, 2.24) is 0 Å². The maximum Gasteiger partial charge on any atom is 0.336 e. The van der Waals surface area contributed by atoms with Crippen LogP contribution in [0.5, 0.6) is 5.75 Å². The molecular formula is C14H12O3S. The summed E-state index contributed by atoms with van der Waals surface area (Å²) in [5.41, 5.74) is 0.318. The van der Waals surface area contributed by atoms with Gasteiger partial charge in [-0.05, 0) is 36.8 Å². The molecule has 0 bridgehead atoms. The largest absolute Gasteiger partial charge is 0.508 e. The van der Waals surface area contributed by atoms with Crippen molar-refractivity contribution < 1.29 is 15.0 Å². The van der Waals surface area contributed by atoms with E-state index in [1.54, 1.807) is 36.4 Å². The number of rotatable bonds is 3. The van der Waals surface area contributed by atoms with Crippen LogP contribution in [-0.2, 0) is 4.79 Å². The number of hydrogen-bond donors (Lipinski definition) is 2. The highest BCUT2D eigenvalue weighted by Gasteiger charge is 2.13. The summed E-state index contributed by atoms with van der Waals surface area (Å²) >= 11 is 1.41. The molecule has 1 aliphatic rings. The van der Waals surface area contributed by atoms with Crippen molar-refractivity contribution in [2.24, 2.45) is 0 Å². The molecule has 1 aromatic carbocycles. The van der Waals surface area contributed by atoms with Gasteiger partial charge in [0.1, 0.15) is 5.75 Å². The van der Waals surface area contributed by atoms with E-state index in [0.29, 0.717) is 12.0 Å². The van der Waals surface area contributed by atoms with Crippen molar-refractivity contribution in [2.45, 2.75) is 11.3 Å². The first-order chi connectivity index (χ1) is 8.66. The molecule has 0 radical (unpaired) electrons. The van der Waals surface area contributed by atoms with E-state index in [9.17, 15) is 9.90 Å². The molecule has 0 heterocycles. The third kappa shape index (κ3) is 3.05. The molecule has 1 aromatic rings. The molecule has 0 aliphatic heterocycles. The second kappa shape index (κ2) is 5.60. The Morgan fingerprint density at radius 2 is 1.89 bits per heavy atom. The van der Waals surface area contributed by atoms with E-state index in [0.717, 1.165) is 9.80 Å². The molecule has 2 rings (SSSR count). The van der Waals surface area contributed by atoms with Gasteiger partial charge in [0.15, 0.2) is 0 Å². The van der Waals surface area contributed by atoms with Crippen LogP contribution in [-0.4, -0.2) is 16.2 Å². The average Bonchev–Trinajstić information content (AvgIpc) is 2.57. The van der Waals surface area contributed by atoms with Crippen LogP contribution in [0.2, 0.25) is 0 Å². The van der Waals surface area contributed by atoms with Gasteiger partial charge >= 0.3 is 5.97 Å². The Hall–Kier alpha value is -1.94. The lowest BCUT2D eigenvalue weighted by atomic mass is 10.2. The first-order valence-electron chi connectivity index (χ1n) is 5.43. The number of thioether (sulfide) groups is 1. The minimum Gasteiger partial charge on any atom is -0.508 e. The fourth-order valence-electron chi connectivity index (χ4n) is 1.55. The van der Waals surface area contributed by atoms with Gasteiger partial charge in [0.25, 0.3) is 0 Å². The summed E-state index contributed by atoms with van der Waals surface area (Å²) in [6.45, 7) is 0. The lowest BCUT2D eigenvalue weighted by molar-refractivity contribution is -0.132. The predicted molar refractivity (Wildman–Crippen MR) is 71.5 cm³/mol. The van der Waals surface area contributed by atoms with Gasteiger partial charge in [-0.1, -0.05) is 30.0 Å². The number of phenols is 1. The van der Waals surface area contributed by atoms with E-state index in [4.69, 9.17) is 5.11 Å². The Balaban J connectivity index is 2.29. The van der Waals surface area contributed by atoms with Gasteiger partial charge in [0, 0.05) is 9.80 Å². The maximum absolute atomic E-state index is 11.2. The number of phenolic OH excluding ortho intramolecular Hbond substituents is 1. The van der Waals surface area contributed by atoms with E-state index >= 15 is 0 Å². The molecule has 0 saturated heterocycles. The summed E-state index contributed by atoms with van der Waals surface area (Å²) in [5, 5.41) is 18.4. The predicted octanol–water partition coefficient (Wildman–Crippen LogP) is 3.34. The molecular weight excluding hydrogens is 248 g/mol. The molecule has 0 aromatic heterocycles. The fourth-order valence-corrected chi connectivity index (χ4v) is 2.55. The second-order valence-electron chi connectivity index (χ2n) is 3.73. The molecule has 4 heteroatoms. The van der Waals surface area contributed by atoms with Crippen LogP contribution >= 0.6 is 11.8 Å². The standard InChI is InChI=1S/C14H12O3S/c15-10-6-8-11(9-7-10)18-13-5-3-1-2-4-12(13)14(16)17/h1-4,6-9,15H,5H2,(H,16,17). The summed E-state index contributed by atoms with van der Waals surface area (Å²) in [4.78, 5) is 12.9. The van der Waals surface area contributed by atoms with Crippen LogP contribution in [0.1, 0.15) is 6.42 Å². The van der Waals surface area contributed by atoms with Crippen LogP contribution in [0, 0.1) is 0 Å². The van der Waals surface area contributed by atoms with E-state index in [1.807, 2.05) is 12.2 Å². The van der Waals surface area contributed by atoms with Crippen molar-refractivity contribution >= 4 is 17.7 Å². The van der Waals surface area contributed by atoms with E-state index < -0.39 is 5.97 Å². The molecule has 0 saturated carbocycles. The number of allylic oxidation sites excluding steroid dienone is 4. The molecule has 0 fully saturated rings. The Labute approximate surface area is 109 Å². The lowest BCUT2D eigenvalue weighted by Gasteiger charge is -2.07. The van der Waals surface area contributed by atoms with Gasteiger partial charge in [0.05, 0.1) is 5.57 Å². The summed E-state index contributed by atoms with van der Waals surface area (Å²) in [6.07, 6.45) is 7.70. The fraction of sp³-hybridized carbons (Fsp3) is 0.0714. The molecule has 0 spiro atoms. The van der Waals surface area contributed by atoms with Crippen molar-refractivity contribution in [2.75, 3.05) is 0 Å². The number of hydrogen-bond acceptors (Lipinski definition) is 3. The highest BCUT2D eigenvalue weighted by atomic mass is 32.2. The van der Waals surface area contributed by atoms with Crippen LogP contribution in [0.4, 0.5) is 0 Å². The molecule has 2 N–H and O–H groups in total. The highest BCUT2D eigenvalue weighted by Crippen LogP contribution is 2.33. The highest BCUT2D eigenvalue weighted by molar-refractivity contribution is 8.03. The molecule has 0 amide bonds. The van der Waals surface area contributed by atoms with E-state index in [2.05, 4.69) is 0 Å². The number of aromatic hydroxyl groups is 1. The first kappa shape index (κ1) is 12.5. The maximum atomic E-state index is 11.2. The Morgan fingerprint density at radius 1 is 1.17 bits per heavy atom. The van der Waals surface area contributed by atoms with E-state index in [-0.39, 0.29) is 5.75 Å². The summed E-state index contributed by atoms with van der Waals surface area (Å²) in [6, 6.07) is 6.72. The Bertz CT molecular complexity index is 539. The molecule has 0 atom stereocenters. The topological polar surface area (TPSA) is 57.5 Å². The lowest BCUT2D eigenvalue weighted by Crippen LogP contribution is -2.00. The van der Waals surface area contributed by atoms with Gasteiger partial charge in [-0.25, -0.2) is 4.79 Å². The minimum atomic E-state index is -0.920. The third-order valence-electron chi connectivity index (χ3n) is 2.42. The van der Waals surface area contributed by atoms with Gasteiger partial charge in [-0.3, -0.25) is 0 Å². The zero-order valence-electron chi connectivity index (χ0n) is 9.54. The van der Waals surface area contributed by atoms with Crippen molar-refractivity contribution in [3.63, 3.8) is 0 Å². The van der Waals surface area contributed by atoms with Crippen LogP contribution in [0.15, 0.2) is 63.9 Å². The Kier molecular flexibility index (Phi) is 3.89. The molecule has 0 unspecified atom stereocenters. The molecule has 92 valence electrons. The number of aliphatic carboxylic acids is 1. The average molecular weight is 260 g/mol. The monoisotopic (exact) mass is 260 g/mol. The summed E-state index contributed by atoms with van der Waals surface area (Å²) in [7, 11) is 0. The second-order valence-corrected chi connectivity index (χ2v) is 4.90. The minimum absolute atomic E-state index is 0.201. The summed E-state index contributed by atoms with van der Waals surface area (Å²) < 4.78 is 0. The Morgan fingerprint density at radius 3 is 2.56 bits per heavy atom. The van der Waals surface area contributed by atoms with Gasteiger partial charge in [-0.15, -0.1) is 0 Å². The smallest absolute Gasteiger partial charge is 0.336 e. The zero-order valence-corrected chi connectivity index (χ0v) is 10.4. The zero-order chi connectivity index (χ0) is 13.0. The normalized spacial score (nSPS) is 14.7. The van der Waals surface area contributed by atoms with Gasteiger partial charge < -0.3 is 10.2 Å². The number of carboxylic acids is 1. The van der Waals surface area contributed by atoms with Crippen LogP contribution in [0.25, 0.3) is 0 Å². The van der Waals surface area contributed by atoms with Crippen molar-refractivity contribution in [1.29, 1.82) is 0 Å². The van der Waals surface area contributed by atoms with Crippen LogP contribution in [0.3, 0.4) is 0 Å². The van der Waals surface area contributed by atoms with Gasteiger partial charge in [0.2, 0.25) is 0 Å². The third-order valence-corrected chi connectivity index (χ3v) is 3.56. The van der Waals surface area contributed by atoms with E-state index in [1.165, 1.54) is 11.8 Å². The van der Waals surface area contributed by atoms with Crippen molar-refractivity contribution in [3.05, 3.63) is 59.0 Å². The number of benzene rings is 1. The van der Waals surface area contributed by atoms with Gasteiger partial charge in [-0.2, -0.15) is 0 Å². The molecule has 1 aliphatic carbocycles. The van der Waals surface area contributed by atoms with Crippen LogP contribution < -0.4 is 0 Å². The van der Waals surface area contributed by atoms with Crippen molar-refractivity contribution in [3.8, 4) is 5.75 Å². The quantitative estimate of drug-likeness (QED) is 0.875. The molecule has 3 nitrogen and oxygen atoms in total. The molecule has 18 heavy (non-hydrogen) atoms. The number of carboxylic acid groups (broad SMARTS) is 1. The SMILES string of the molecule is O=C(O)C1=C(Sc2ccc(O)cc2)CC=CC=C1. The number of carbonyl (C=O) groups is 1. The summed E-state index contributed by atoms with van der Waals surface area (Å²) in [5.74, 6) is -0.719. The first-order valence-corrected chi connectivity index (χ1v) is 6.25.